The number of piperidine rings is 1. The Labute approximate surface area is 132 Å². The van der Waals surface area contributed by atoms with Crippen LogP contribution >= 0.6 is 23.2 Å². The van der Waals surface area contributed by atoms with E-state index in [-0.39, 0.29) is 21.4 Å². The summed E-state index contributed by atoms with van der Waals surface area (Å²) >= 11 is 11.7. The van der Waals surface area contributed by atoms with Gasteiger partial charge in [-0.05, 0) is 24.6 Å². The lowest BCUT2D eigenvalue weighted by Gasteiger charge is -2.28. The Morgan fingerprint density at radius 2 is 2.05 bits per heavy atom. The van der Waals surface area contributed by atoms with Crippen LogP contribution < -0.4 is 10.0 Å². The monoisotopic (exact) mass is 352 g/mol. The molecule has 0 aliphatic carbocycles. The molecule has 2 rings (SSSR count). The molecular formula is C12H14Cl2N2O4S. The molecule has 2 unspecified atom stereocenters. The summed E-state index contributed by atoms with van der Waals surface area (Å²) in [7, 11) is -3.86. The van der Waals surface area contributed by atoms with Gasteiger partial charge >= 0.3 is 5.97 Å². The number of nitrogens with one attached hydrogen (secondary N) is 2. The lowest BCUT2D eigenvalue weighted by atomic mass is 9.97. The van der Waals surface area contributed by atoms with Gasteiger partial charge in [0.2, 0.25) is 10.0 Å². The summed E-state index contributed by atoms with van der Waals surface area (Å²) in [5, 5.41) is 12.2. The molecule has 0 bridgehead atoms. The smallest absolute Gasteiger partial charge is 0.307 e. The van der Waals surface area contributed by atoms with E-state index in [0.29, 0.717) is 13.1 Å². The van der Waals surface area contributed by atoms with Crippen molar-refractivity contribution in [3.05, 3.63) is 28.2 Å². The number of sulfonamides is 1. The van der Waals surface area contributed by atoms with E-state index < -0.39 is 28.0 Å². The molecule has 0 amide bonds. The van der Waals surface area contributed by atoms with Crippen molar-refractivity contribution >= 4 is 39.2 Å². The lowest BCUT2D eigenvalue weighted by molar-refractivity contribution is -0.142. The van der Waals surface area contributed by atoms with Crippen molar-refractivity contribution in [2.45, 2.75) is 17.4 Å². The quantitative estimate of drug-likeness (QED) is 0.759. The van der Waals surface area contributed by atoms with Gasteiger partial charge in [-0.3, -0.25) is 4.79 Å². The van der Waals surface area contributed by atoms with Gasteiger partial charge in [-0.15, -0.1) is 0 Å². The van der Waals surface area contributed by atoms with Gasteiger partial charge in [-0.1, -0.05) is 23.2 Å². The molecule has 1 fully saturated rings. The molecule has 0 saturated carbocycles. The summed E-state index contributed by atoms with van der Waals surface area (Å²) in [5.41, 5.74) is 0. The molecule has 1 saturated heterocycles. The van der Waals surface area contributed by atoms with Crippen LogP contribution in [0.25, 0.3) is 0 Å². The Morgan fingerprint density at radius 3 is 2.71 bits per heavy atom. The highest BCUT2D eigenvalue weighted by Gasteiger charge is 2.30. The Kier molecular flexibility index (Phi) is 5.11. The highest BCUT2D eigenvalue weighted by atomic mass is 35.5. The maximum absolute atomic E-state index is 12.3. The average Bonchev–Trinajstić information content (AvgIpc) is 2.41. The zero-order valence-electron chi connectivity index (χ0n) is 10.8. The minimum Gasteiger partial charge on any atom is -0.481 e. The highest BCUT2D eigenvalue weighted by molar-refractivity contribution is 7.89. The fourth-order valence-electron chi connectivity index (χ4n) is 2.19. The summed E-state index contributed by atoms with van der Waals surface area (Å²) in [5.74, 6) is -1.58. The summed E-state index contributed by atoms with van der Waals surface area (Å²) in [6.07, 6.45) is 0.222. The number of aliphatic carboxylic acids is 1. The van der Waals surface area contributed by atoms with Gasteiger partial charge in [0.1, 0.15) is 4.90 Å². The number of carboxylic acid groups (broad SMARTS) is 1. The zero-order chi connectivity index (χ0) is 15.6. The minimum absolute atomic E-state index is 0.0606. The van der Waals surface area contributed by atoms with Crippen LogP contribution in [0.1, 0.15) is 6.42 Å². The summed E-state index contributed by atoms with van der Waals surface area (Å²) in [6.45, 7) is 0.687. The van der Waals surface area contributed by atoms with Crippen LogP contribution in [-0.4, -0.2) is 38.6 Å². The normalized spacial score (nSPS) is 23.0. The van der Waals surface area contributed by atoms with Gasteiger partial charge in [0.25, 0.3) is 0 Å². The topological polar surface area (TPSA) is 95.5 Å². The molecule has 0 aromatic heterocycles. The van der Waals surface area contributed by atoms with Crippen molar-refractivity contribution in [1.29, 1.82) is 0 Å². The first-order chi connectivity index (χ1) is 9.79. The molecule has 21 heavy (non-hydrogen) atoms. The van der Waals surface area contributed by atoms with Crippen LogP contribution in [0.15, 0.2) is 23.1 Å². The summed E-state index contributed by atoms with van der Waals surface area (Å²) in [6, 6.07) is 3.64. The number of benzene rings is 1. The van der Waals surface area contributed by atoms with Crippen LogP contribution in [0, 0.1) is 5.92 Å². The van der Waals surface area contributed by atoms with Crippen molar-refractivity contribution in [2.75, 3.05) is 13.1 Å². The molecule has 116 valence electrons. The summed E-state index contributed by atoms with van der Waals surface area (Å²) in [4.78, 5) is 10.9. The number of hydrogen-bond acceptors (Lipinski definition) is 4. The van der Waals surface area contributed by atoms with E-state index in [1.54, 1.807) is 0 Å². The Hall–Kier alpha value is -0.860. The number of halogens is 2. The standard InChI is InChI=1S/C12H14Cl2N2O4S/c13-8-1-2-10(14)11(4-8)21(19,20)16-9-3-7(12(17)18)5-15-6-9/h1-2,4,7,9,15-16H,3,5-6H2,(H,17,18). The average molecular weight is 353 g/mol. The fraction of sp³-hybridized carbons (Fsp3) is 0.417. The van der Waals surface area contributed by atoms with Crippen LogP contribution in [-0.2, 0) is 14.8 Å². The molecule has 1 aliphatic rings. The molecule has 0 radical (unpaired) electrons. The van der Waals surface area contributed by atoms with Crippen LogP contribution in [0.2, 0.25) is 10.0 Å². The van der Waals surface area contributed by atoms with E-state index in [9.17, 15) is 13.2 Å². The van der Waals surface area contributed by atoms with E-state index in [1.165, 1.54) is 18.2 Å². The van der Waals surface area contributed by atoms with Crippen LogP contribution in [0.5, 0.6) is 0 Å². The lowest BCUT2D eigenvalue weighted by Crippen LogP contribution is -2.50. The first-order valence-electron chi connectivity index (χ1n) is 6.20. The van der Waals surface area contributed by atoms with E-state index in [2.05, 4.69) is 10.0 Å². The third-order valence-electron chi connectivity index (χ3n) is 3.20. The number of carbonyl (C=O) groups is 1. The number of rotatable bonds is 4. The van der Waals surface area contributed by atoms with Crippen LogP contribution in [0.3, 0.4) is 0 Å². The maximum atomic E-state index is 12.3. The second-order valence-corrected chi connectivity index (χ2v) is 7.35. The van der Waals surface area contributed by atoms with Crippen molar-refractivity contribution < 1.29 is 18.3 Å². The molecule has 3 N–H and O–H groups in total. The van der Waals surface area contributed by atoms with E-state index in [4.69, 9.17) is 28.3 Å². The number of hydrogen-bond donors (Lipinski definition) is 3. The SMILES string of the molecule is O=C(O)C1CNCC(NS(=O)(=O)c2cc(Cl)ccc2Cl)C1. The van der Waals surface area contributed by atoms with Crippen molar-refractivity contribution in [3.8, 4) is 0 Å². The molecule has 1 aromatic carbocycles. The largest absolute Gasteiger partial charge is 0.481 e. The second kappa shape index (κ2) is 6.50. The first-order valence-corrected chi connectivity index (χ1v) is 8.44. The molecular weight excluding hydrogens is 339 g/mol. The van der Waals surface area contributed by atoms with Gasteiger partial charge < -0.3 is 10.4 Å². The molecule has 6 nitrogen and oxygen atoms in total. The third kappa shape index (κ3) is 4.08. The molecule has 1 heterocycles. The Balaban J connectivity index is 2.17. The molecule has 9 heteroatoms. The first kappa shape index (κ1) is 16.5. The predicted molar refractivity (Wildman–Crippen MR) is 79.2 cm³/mol. The fourth-order valence-corrected chi connectivity index (χ4v) is 4.20. The van der Waals surface area contributed by atoms with Gasteiger partial charge in [0.15, 0.2) is 0 Å². The Bertz CT molecular complexity index is 651. The summed E-state index contributed by atoms with van der Waals surface area (Å²) < 4.78 is 27.1. The highest BCUT2D eigenvalue weighted by Crippen LogP contribution is 2.25. The second-order valence-electron chi connectivity index (χ2n) is 4.82. The molecule has 1 aliphatic heterocycles. The predicted octanol–water partition coefficient (Wildman–Crippen LogP) is 1.33. The van der Waals surface area contributed by atoms with E-state index in [1.807, 2.05) is 0 Å². The van der Waals surface area contributed by atoms with Gasteiger partial charge in [-0.25, -0.2) is 13.1 Å². The van der Waals surface area contributed by atoms with Crippen molar-refractivity contribution in [1.82, 2.24) is 10.0 Å². The molecule has 2 atom stereocenters. The van der Waals surface area contributed by atoms with Crippen molar-refractivity contribution in [2.24, 2.45) is 5.92 Å². The molecule has 0 spiro atoms. The third-order valence-corrected chi connectivity index (χ3v) is 5.44. The minimum atomic E-state index is -3.86. The van der Waals surface area contributed by atoms with Gasteiger partial charge in [0, 0.05) is 24.2 Å². The van der Waals surface area contributed by atoms with Gasteiger partial charge in [0.05, 0.1) is 10.9 Å². The molecule has 1 aromatic rings. The number of carboxylic acids is 1. The van der Waals surface area contributed by atoms with Crippen molar-refractivity contribution in [3.63, 3.8) is 0 Å². The van der Waals surface area contributed by atoms with E-state index >= 15 is 0 Å². The maximum Gasteiger partial charge on any atom is 0.307 e. The van der Waals surface area contributed by atoms with Crippen LogP contribution in [0.4, 0.5) is 0 Å². The van der Waals surface area contributed by atoms with E-state index in [0.717, 1.165) is 0 Å². The zero-order valence-corrected chi connectivity index (χ0v) is 13.2. The Morgan fingerprint density at radius 1 is 1.33 bits per heavy atom. The van der Waals surface area contributed by atoms with Gasteiger partial charge in [-0.2, -0.15) is 0 Å².